The SMILES string of the molecule is CN1CCCC1CNS(=O)(=O)c1cc(N)c(F)cc1Cl. The zero-order chi connectivity index (χ0) is 14.9. The number of halogens is 2. The molecule has 0 amide bonds. The lowest BCUT2D eigenvalue weighted by Crippen LogP contribution is -2.38. The standard InChI is InChI=1S/C12H17ClFN3O2S/c1-17-4-2-3-8(17)7-16-20(18,19)12-6-11(15)10(14)5-9(12)13/h5-6,8,16H,2-4,7,15H2,1H3. The van der Waals surface area contributed by atoms with Crippen LogP contribution in [0, 0.1) is 5.82 Å². The molecule has 1 atom stereocenters. The fourth-order valence-corrected chi connectivity index (χ4v) is 3.89. The van der Waals surface area contributed by atoms with Crippen LogP contribution in [-0.2, 0) is 10.0 Å². The Morgan fingerprint density at radius 2 is 2.25 bits per heavy atom. The van der Waals surface area contributed by atoms with Gasteiger partial charge in [0, 0.05) is 12.6 Å². The summed E-state index contributed by atoms with van der Waals surface area (Å²) >= 11 is 5.78. The summed E-state index contributed by atoms with van der Waals surface area (Å²) in [6.07, 6.45) is 1.99. The van der Waals surface area contributed by atoms with Crippen molar-refractivity contribution in [2.45, 2.75) is 23.8 Å². The van der Waals surface area contributed by atoms with Crippen molar-refractivity contribution in [2.75, 3.05) is 25.9 Å². The van der Waals surface area contributed by atoms with Gasteiger partial charge < -0.3 is 10.6 Å². The second kappa shape index (κ2) is 5.85. The summed E-state index contributed by atoms with van der Waals surface area (Å²) in [7, 11) is -1.84. The molecule has 0 spiro atoms. The van der Waals surface area contributed by atoms with Gasteiger partial charge in [-0.15, -0.1) is 0 Å². The molecule has 0 bridgehead atoms. The Bertz CT molecular complexity index is 609. The van der Waals surface area contributed by atoms with E-state index in [1.165, 1.54) is 0 Å². The van der Waals surface area contributed by atoms with Gasteiger partial charge in [0.05, 0.1) is 10.7 Å². The molecule has 3 N–H and O–H groups in total. The van der Waals surface area contributed by atoms with Crippen LogP contribution < -0.4 is 10.5 Å². The predicted molar refractivity (Wildman–Crippen MR) is 76.7 cm³/mol. The molecule has 1 heterocycles. The molecule has 0 aliphatic carbocycles. The maximum Gasteiger partial charge on any atom is 0.242 e. The molecule has 1 saturated heterocycles. The highest BCUT2D eigenvalue weighted by molar-refractivity contribution is 7.89. The molecule has 112 valence electrons. The second-order valence-electron chi connectivity index (χ2n) is 4.93. The van der Waals surface area contributed by atoms with Gasteiger partial charge in [0.1, 0.15) is 10.7 Å². The maximum atomic E-state index is 13.2. The summed E-state index contributed by atoms with van der Waals surface area (Å²) in [6, 6.07) is 2.12. The van der Waals surface area contributed by atoms with Crippen LogP contribution in [0.4, 0.5) is 10.1 Å². The van der Waals surface area contributed by atoms with Gasteiger partial charge >= 0.3 is 0 Å². The highest BCUT2D eigenvalue weighted by atomic mass is 35.5. The molecule has 1 unspecified atom stereocenters. The van der Waals surface area contributed by atoms with Crippen LogP contribution in [0.1, 0.15) is 12.8 Å². The summed E-state index contributed by atoms with van der Waals surface area (Å²) in [6.45, 7) is 1.25. The number of sulfonamides is 1. The zero-order valence-corrected chi connectivity index (χ0v) is 12.6. The predicted octanol–water partition coefficient (Wildman–Crippen LogP) is 1.43. The van der Waals surface area contributed by atoms with Gasteiger partial charge in [-0.1, -0.05) is 11.6 Å². The Balaban J connectivity index is 2.16. The van der Waals surface area contributed by atoms with Crippen molar-refractivity contribution in [1.82, 2.24) is 9.62 Å². The molecular weight excluding hydrogens is 305 g/mol. The van der Waals surface area contributed by atoms with E-state index in [0.29, 0.717) is 6.54 Å². The summed E-state index contributed by atoms with van der Waals surface area (Å²) in [5, 5.41) is -0.177. The van der Waals surface area contributed by atoms with Crippen LogP contribution in [0.2, 0.25) is 5.02 Å². The average Bonchev–Trinajstić information content (AvgIpc) is 2.77. The van der Waals surface area contributed by atoms with E-state index in [2.05, 4.69) is 9.62 Å². The number of nitrogens with two attached hydrogens (primary N) is 1. The minimum Gasteiger partial charge on any atom is -0.396 e. The van der Waals surface area contributed by atoms with Crippen LogP contribution >= 0.6 is 11.6 Å². The molecule has 2 rings (SSSR count). The molecule has 1 aromatic carbocycles. The molecule has 0 saturated carbocycles. The molecule has 8 heteroatoms. The number of benzene rings is 1. The number of anilines is 1. The first kappa shape index (κ1) is 15.5. The minimum absolute atomic E-state index is 0.168. The van der Waals surface area contributed by atoms with Crippen LogP contribution in [-0.4, -0.2) is 39.5 Å². The van der Waals surface area contributed by atoms with Crippen LogP contribution in [0.15, 0.2) is 17.0 Å². The third-order valence-electron chi connectivity index (χ3n) is 3.52. The third-order valence-corrected chi connectivity index (χ3v) is 5.41. The number of nitrogen functional groups attached to an aromatic ring is 1. The molecule has 1 aliphatic rings. The summed E-state index contributed by atoms with van der Waals surface area (Å²) in [4.78, 5) is 1.90. The number of rotatable bonds is 4. The van der Waals surface area contributed by atoms with Crippen LogP contribution in [0.5, 0.6) is 0 Å². The van der Waals surface area contributed by atoms with Gasteiger partial charge in [-0.2, -0.15) is 0 Å². The van der Waals surface area contributed by atoms with E-state index in [1.54, 1.807) is 0 Å². The first-order chi connectivity index (χ1) is 9.31. The van der Waals surface area contributed by atoms with Crippen molar-refractivity contribution >= 4 is 27.3 Å². The number of nitrogens with one attached hydrogen (secondary N) is 1. The lowest BCUT2D eigenvalue weighted by atomic mass is 10.2. The van der Waals surface area contributed by atoms with Gasteiger partial charge in [-0.05, 0) is 38.6 Å². The number of likely N-dealkylation sites (tertiary alicyclic amines) is 1. The Hall–Kier alpha value is -0.890. The summed E-state index contributed by atoms with van der Waals surface area (Å²) < 4.78 is 40.1. The van der Waals surface area contributed by atoms with E-state index in [1.807, 2.05) is 7.05 Å². The van der Waals surface area contributed by atoms with Gasteiger partial charge in [0.25, 0.3) is 0 Å². The Morgan fingerprint density at radius 1 is 1.55 bits per heavy atom. The quantitative estimate of drug-likeness (QED) is 0.823. The molecular formula is C12H17ClFN3O2S. The van der Waals surface area contributed by atoms with Crippen molar-refractivity contribution in [1.29, 1.82) is 0 Å². The smallest absolute Gasteiger partial charge is 0.242 e. The highest BCUT2D eigenvalue weighted by Gasteiger charge is 2.25. The fraction of sp³-hybridized carbons (Fsp3) is 0.500. The number of likely N-dealkylation sites (N-methyl/N-ethyl adjacent to an activating group) is 1. The van der Waals surface area contributed by atoms with Crippen molar-refractivity contribution < 1.29 is 12.8 Å². The number of hydrogen-bond donors (Lipinski definition) is 2. The molecule has 20 heavy (non-hydrogen) atoms. The highest BCUT2D eigenvalue weighted by Crippen LogP contribution is 2.26. The van der Waals surface area contributed by atoms with E-state index in [4.69, 9.17) is 17.3 Å². The van der Waals surface area contributed by atoms with Crippen LogP contribution in [0.3, 0.4) is 0 Å². The van der Waals surface area contributed by atoms with Gasteiger partial charge in [0.15, 0.2) is 0 Å². The first-order valence-electron chi connectivity index (χ1n) is 6.25. The van der Waals surface area contributed by atoms with E-state index >= 15 is 0 Å². The van der Waals surface area contributed by atoms with Gasteiger partial charge in [-0.25, -0.2) is 17.5 Å². The topological polar surface area (TPSA) is 75.4 Å². The van der Waals surface area contributed by atoms with Crippen molar-refractivity contribution in [3.8, 4) is 0 Å². The molecule has 1 aliphatic heterocycles. The molecule has 5 nitrogen and oxygen atoms in total. The van der Waals surface area contributed by atoms with E-state index < -0.39 is 15.8 Å². The average molecular weight is 322 g/mol. The molecule has 0 radical (unpaired) electrons. The fourth-order valence-electron chi connectivity index (χ4n) is 2.27. The first-order valence-corrected chi connectivity index (χ1v) is 8.12. The van der Waals surface area contributed by atoms with Gasteiger partial charge in [-0.3, -0.25) is 0 Å². The second-order valence-corrected chi connectivity index (χ2v) is 7.08. The normalized spacial score (nSPS) is 20.4. The van der Waals surface area contributed by atoms with Crippen molar-refractivity contribution in [2.24, 2.45) is 0 Å². The summed E-state index contributed by atoms with van der Waals surface area (Å²) in [5.41, 5.74) is 5.15. The Kier molecular flexibility index (Phi) is 4.53. The molecule has 1 aromatic rings. The minimum atomic E-state index is -3.80. The van der Waals surface area contributed by atoms with Crippen molar-refractivity contribution in [3.63, 3.8) is 0 Å². The maximum absolute atomic E-state index is 13.2. The zero-order valence-electron chi connectivity index (χ0n) is 11.1. The van der Waals surface area contributed by atoms with E-state index in [-0.39, 0.29) is 21.6 Å². The van der Waals surface area contributed by atoms with E-state index in [0.717, 1.165) is 31.5 Å². The lowest BCUT2D eigenvalue weighted by molar-refractivity contribution is 0.311. The molecule has 0 aromatic heterocycles. The van der Waals surface area contributed by atoms with Crippen molar-refractivity contribution in [3.05, 3.63) is 23.0 Å². The molecule has 1 fully saturated rings. The summed E-state index contributed by atoms with van der Waals surface area (Å²) in [5.74, 6) is -0.732. The third kappa shape index (κ3) is 3.22. The Morgan fingerprint density at radius 3 is 2.85 bits per heavy atom. The number of hydrogen-bond acceptors (Lipinski definition) is 4. The number of nitrogens with zero attached hydrogens (tertiary/aromatic N) is 1. The van der Waals surface area contributed by atoms with E-state index in [9.17, 15) is 12.8 Å². The monoisotopic (exact) mass is 321 g/mol. The lowest BCUT2D eigenvalue weighted by Gasteiger charge is -2.20. The Labute approximate surface area is 122 Å². The van der Waals surface area contributed by atoms with Crippen LogP contribution in [0.25, 0.3) is 0 Å². The van der Waals surface area contributed by atoms with Gasteiger partial charge in [0.2, 0.25) is 10.0 Å². The largest absolute Gasteiger partial charge is 0.396 e.